The Bertz CT molecular complexity index is 1120. The molecule has 2 unspecified atom stereocenters. The monoisotopic (exact) mass is 424 g/mol. The summed E-state index contributed by atoms with van der Waals surface area (Å²) in [5.74, 6) is 1.15. The van der Waals surface area contributed by atoms with Crippen LogP contribution in [0.4, 0.5) is 11.6 Å². The van der Waals surface area contributed by atoms with Crippen LogP contribution in [-0.2, 0) is 5.60 Å². The van der Waals surface area contributed by atoms with Gasteiger partial charge < -0.3 is 9.63 Å². The molecule has 1 saturated carbocycles. The largest absolute Gasteiger partial charge is 0.380 e. The van der Waals surface area contributed by atoms with E-state index in [1.54, 1.807) is 17.5 Å². The first kappa shape index (κ1) is 17.6. The molecule has 1 aromatic heterocycles. The van der Waals surface area contributed by atoms with Gasteiger partial charge in [0, 0.05) is 5.56 Å². The zero-order chi connectivity index (χ0) is 20.5. The van der Waals surface area contributed by atoms with E-state index in [-0.39, 0.29) is 18.0 Å². The minimum absolute atomic E-state index is 0.218. The summed E-state index contributed by atoms with van der Waals surface area (Å²) in [4.78, 5) is 12.4. The van der Waals surface area contributed by atoms with Crippen LogP contribution in [-0.4, -0.2) is 37.1 Å². The molecule has 1 aliphatic carbocycles. The predicted molar refractivity (Wildman–Crippen MR) is 106 cm³/mol. The van der Waals surface area contributed by atoms with Crippen molar-refractivity contribution >= 4 is 29.6 Å². The quantitative estimate of drug-likeness (QED) is 0.441. The van der Waals surface area contributed by atoms with E-state index in [1.165, 1.54) is 4.90 Å². The van der Waals surface area contributed by atoms with Gasteiger partial charge >= 0.3 is 0 Å². The third kappa shape index (κ3) is 2.24. The summed E-state index contributed by atoms with van der Waals surface area (Å²) in [5, 5.41) is 27.9. The maximum Gasteiger partial charge on any atom is 0.290 e. The topological polar surface area (TPSA) is 108 Å². The predicted octanol–water partition coefficient (Wildman–Crippen LogP) is 2.53. The van der Waals surface area contributed by atoms with Gasteiger partial charge in [0.1, 0.15) is 11.9 Å². The molecule has 0 amide bonds. The molecule has 2 aromatic rings. The third-order valence-electron chi connectivity index (χ3n) is 6.00. The average Bonchev–Trinajstić information content (AvgIpc) is 3.53. The maximum atomic E-state index is 10.8. The number of benzene rings is 1. The van der Waals surface area contributed by atoms with E-state index in [1.807, 2.05) is 34.2 Å². The molecular formula is C19H17ClN8O2. The van der Waals surface area contributed by atoms with Gasteiger partial charge in [0.05, 0.1) is 11.9 Å². The van der Waals surface area contributed by atoms with E-state index >= 15 is 0 Å². The van der Waals surface area contributed by atoms with Crippen LogP contribution in [0.15, 0.2) is 45.8 Å². The zero-order valence-electron chi connectivity index (χ0n) is 15.8. The maximum absolute atomic E-state index is 10.8. The standard InChI is InChI=1S/C19H17ClN8O2/c20-17-25(10-21)9-14-27(17)13-6-2-1-5-12(13)15-22-11-26(28(14)15)18-23-16(30-24-18)19(29)7-3-4-8-19/h1-2,5-6,9,11,15,17,29H,3-4,7-8H2. The lowest BCUT2D eigenvalue weighted by Gasteiger charge is -2.42. The molecule has 1 fully saturated rings. The number of aliphatic hydroxyl groups is 1. The Morgan fingerprint density at radius 3 is 2.87 bits per heavy atom. The Morgan fingerprint density at radius 1 is 1.27 bits per heavy atom. The summed E-state index contributed by atoms with van der Waals surface area (Å²) in [6.07, 6.45) is 8.09. The molecule has 152 valence electrons. The summed E-state index contributed by atoms with van der Waals surface area (Å²) in [6, 6.07) is 7.80. The van der Waals surface area contributed by atoms with Gasteiger partial charge in [0.15, 0.2) is 23.8 Å². The van der Waals surface area contributed by atoms with Crippen molar-refractivity contribution in [3.63, 3.8) is 0 Å². The highest BCUT2D eigenvalue weighted by atomic mass is 35.5. The van der Waals surface area contributed by atoms with E-state index in [0.29, 0.717) is 18.7 Å². The first-order valence-electron chi connectivity index (χ1n) is 9.71. The van der Waals surface area contributed by atoms with Crippen LogP contribution in [0.2, 0.25) is 0 Å². The molecule has 4 heterocycles. The second-order valence-corrected chi connectivity index (χ2v) is 8.09. The van der Waals surface area contributed by atoms with Crippen molar-refractivity contribution in [3.8, 4) is 6.19 Å². The summed E-state index contributed by atoms with van der Waals surface area (Å²) in [5.41, 5.74) is 0.0513. The highest BCUT2D eigenvalue weighted by Gasteiger charge is 2.48. The van der Waals surface area contributed by atoms with E-state index < -0.39 is 11.2 Å². The number of hydrazine groups is 1. The number of aromatic nitrogens is 2. The summed E-state index contributed by atoms with van der Waals surface area (Å²) in [6.45, 7) is 0. The van der Waals surface area contributed by atoms with E-state index in [2.05, 4.69) is 21.3 Å². The van der Waals surface area contributed by atoms with Crippen molar-refractivity contribution in [2.75, 3.05) is 9.91 Å². The second-order valence-electron chi connectivity index (χ2n) is 7.70. The Balaban J connectivity index is 1.43. The Kier molecular flexibility index (Phi) is 3.57. The lowest BCUT2D eigenvalue weighted by molar-refractivity contribution is 0.0112. The fourth-order valence-electron chi connectivity index (χ4n) is 4.52. The van der Waals surface area contributed by atoms with Gasteiger partial charge in [-0.1, -0.05) is 29.8 Å². The number of hydrogen-bond acceptors (Lipinski definition) is 10. The van der Waals surface area contributed by atoms with Gasteiger partial charge in [-0.3, -0.25) is 4.90 Å². The molecule has 6 rings (SSSR count). The number of alkyl halides is 1. The first-order valence-corrected chi connectivity index (χ1v) is 10.1. The summed E-state index contributed by atoms with van der Waals surface area (Å²) in [7, 11) is 0. The fraction of sp³-hybridized carbons (Fsp3) is 0.368. The molecule has 30 heavy (non-hydrogen) atoms. The van der Waals surface area contributed by atoms with Gasteiger partial charge in [-0.2, -0.15) is 10.2 Å². The van der Waals surface area contributed by atoms with Crippen LogP contribution < -0.4 is 9.91 Å². The molecule has 1 N–H and O–H groups in total. The van der Waals surface area contributed by atoms with Crippen molar-refractivity contribution < 1.29 is 9.63 Å². The van der Waals surface area contributed by atoms with Gasteiger partial charge in [-0.15, -0.1) is 0 Å². The number of hydrogen-bond donors (Lipinski definition) is 1. The van der Waals surface area contributed by atoms with E-state index in [4.69, 9.17) is 16.1 Å². The molecular weight excluding hydrogens is 408 g/mol. The lowest BCUT2D eigenvalue weighted by Crippen LogP contribution is -2.48. The van der Waals surface area contributed by atoms with Crippen molar-refractivity contribution in [1.82, 2.24) is 20.0 Å². The lowest BCUT2D eigenvalue weighted by atomic mass is 10.0. The van der Waals surface area contributed by atoms with Crippen LogP contribution in [0.25, 0.3) is 0 Å². The van der Waals surface area contributed by atoms with Crippen LogP contribution in [0.5, 0.6) is 0 Å². The van der Waals surface area contributed by atoms with Crippen molar-refractivity contribution in [2.24, 2.45) is 4.99 Å². The number of nitriles is 1. The molecule has 0 spiro atoms. The highest BCUT2D eigenvalue weighted by Crippen LogP contribution is 2.48. The molecule has 2 atom stereocenters. The number of nitrogens with zero attached hydrogens (tertiary/aromatic N) is 8. The van der Waals surface area contributed by atoms with Crippen LogP contribution >= 0.6 is 11.6 Å². The molecule has 3 aliphatic heterocycles. The van der Waals surface area contributed by atoms with Crippen molar-refractivity contribution in [3.05, 3.63) is 47.7 Å². The van der Waals surface area contributed by atoms with Crippen LogP contribution in [0.1, 0.15) is 43.3 Å². The van der Waals surface area contributed by atoms with E-state index in [0.717, 1.165) is 24.1 Å². The molecule has 11 heteroatoms. The molecule has 0 saturated heterocycles. The normalized spacial score (nSPS) is 25.8. The fourth-order valence-corrected chi connectivity index (χ4v) is 4.83. The summed E-state index contributed by atoms with van der Waals surface area (Å²) < 4.78 is 5.42. The van der Waals surface area contributed by atoms with Crippen molar-refractivity contribution in [1.29, 1.82) is 5.26 Å². The van der Waals surface area contributed by atoms with Gasteiger partial charge in [-0.05, 0) is 36.9 Å². The number of para-hydroxylation sites is 1. The zero-order valence-corrected chi connectivity index (χ0v) is 16.5. The minimum atomic E-state index is -1.08. The molecule has 4 aliphatic rings. The van der Waals surface area contributed by atoms with Gasteiger partial charge in [0.2, 0.25) is 0 Å². The average molecular weight is 425 g/mol. The molecule has 1 aromatic carbocycles. The smallest absolute Gasteiger partial charge is 0.290 e. The number of aliphatic imine (C=N–C) groups is 1. The Labute approximate surface area is 176 Å². The van der Waals surface area contributed by atoms with E-state index in [9.17, 15) is 10.4 Å². The molecule has 0 bridgehead atoms. The molecule has 0 radical (unpaired) electrons. The number of halogens is 1. The Hall–Kier alpha value is -3.29. The SMILES string of the molecule is N#CN1C=C2N(c3ccccc3C3N=CN(c4noc(C5(O)CCCC5)n4)N23)C1Cl. The van der Waals surface area contributed by atoms with Gasteiger partial charge in [0.25, 0.3) is 11.8 Å². The van der Waals surface area contributed by atoms with Crippen molar-refractivity contribution in [2.45, 2.75) is 43.1 Å². The first-order chi connectivity index (χ1) is 14.6. The minimum Gasteiger partial charge on any atom is -0.380 e. The third-order valence-corrected chi connectivity index (χ3v) is 6.40. The molecule has 10 nitrogen and oxygen atoms in total. The van der Waals surface area contributed by atoms with Gasteiger partial charge in [-0.25, -0.2) is 19.9 Å². The number of rotatable bonds is 2. The van der Waals surface area contributed by atoms with Crippen LogP contribution in [0, 0.1) is 11.5 Å². The Morgan fingerprint density at radius 2 is 2.07 bits per heavy atom. The highest BCUT2D eigenvalue weighted by molar-refractivity contribution is 6.22. The second kappa shape index (κ2) is 6.10. The van der Waals surface area contributed by atoms with Crippen LogP contribution in [0.3, 0.4) is 0 Å². The summed E-state index contributed by atoms with van der Waals surface area (Å²) >= 11 is 6.58. The number of anilines is 2. The number of fused-ring (bicyclic) bond motifs is 6.